The van der Waals surface area contributed by atoms with Crippen molar-refractivity contribution in [2.75, 3.05) is 17.2 Å². The Bertz CT molecular complexity index is 944. The number of nitrogens with one attached hydrogen (secondary N) is 3. The average molecular weight is 375 g/mol. The Hall–Kier alpha value is -3.59. The predicted octanol–water partition coefficient (Wildman–Crippen LogP) is 2.90. The van der Waals surface area contributed by atoms with Gasteiger partial charge in [-0.3, -0.25) is 14.4 Å². The van der Waals surface area contributed by atoms with Crippen molar-refractivity contribution in [1.82, 2.24) is 5.32 Å². The van der Waals surface area contributed by atoms with Gasteiger partial charge in [-0.05, 0) is 48.7 Å². The Morgan fingerprint density at radius 2 is 1.71 bits per heavy atom. The smallest absolute Gasteiger partial charge is 0.255 e. The SMILES string of the molecule is C#CCNC(=O)c1ccccc1NC(=O)c1ccc(NC(=O)C2CC2C)cc1. The Morgan fingerprint density at radius 1 is 1.04 bits per heavy atom. The number of hydrogen-bond donors (Lipinski definition) is 3. The lowest BCUT2D eigenvalue weighted by Crippen LogP contribution is -2.25. The summed E-state index contributed by atoms with van der Waals surface area (Å²) in [5, 5.41) is 8.17. The van der Waals surface area contributed by atoms with Crippen molar-refractivity contribution in [3.05, 3.63) is 59.7 Å². The highest BCUT2D eigenvalue weighted by molar-refractivity contribution is 6.09. The van der Waals surface area contributed by atoms with Crippen molar-refractivity contribution in [3.8, 4) is 12.3 Å². The second-order valence-electron chi connectivity index (χ2n) is 6.77. The molecular formula is C22H21N3O3. The van der Waals surface area contributed by atoms with Crippen LogP contribution in [0.2, 0.25) is 0 Å². The fourth-order valence-corrected chi connectivity index (χ4v) is 2.84. The van der Waals surface area contributed by atoms with E-state index in [0.29, 0.717) is 28.4 Å². The highest BCUT2D eigenvalue weighted by Gasteiger charge is 2.39. The van der Waals surface area contributed by atoms with E-state index >= 15 is 0 Å². The molecule has 6 nitrogen and oxygen atoms in total. The normalized spacial score (nSPS) is 17.1. The fourth-order valence-electron chi connectivity index (χ4n) is 2.84. The Balaban J connectivity index is 1.66. The van der Waals surface area contributed by atoms with E-state index in [1.54, 1.807) is 48.5 Å². The van der Waals surface area contributed by atoms with E-state index in [2.05, 4.69) is 21.9 Å². The van der Waals surface area contributed by atoms with E-state index in [4.69, 9.17) is 6.42 Å². The molecule has 0 heterocycles. The van der Waals surface area contributed by atoms with Crippen molar-refractivity contribution < 1.29 is 14.4 Å². The van der Waals surface area contributed by atoms with Gasteiger partial charge < -0.3 is 16.0 Å². The highest BCUT2D eigenvalue weighted by atomic mass is 16.2. The molecule has 0 saturated heterocycles. The zero-order valence-corrected chi connectivity index (χ0v) is 15.5. The summed E-state index contributed by atoms with van der Waals surface area (Å²) in [7, 11) is 0. The van der Waals surface area contributed by atoms with Gasteiger partial charge in [0.05, 0.1) is 17.8 Å². The van der Waals surface area contributed by atoms with Crippen molar-refractivity contribution in [3.63, 3.8) is 0 Å². The van der Waals surface area contributed by atoms with Crippen LogP contribution in [0.15, 0.2) is 48.5 Å². The molecular weight excluding hydrogens is 354 g/mol. The zero-order valence-electron chi connectivity index (χ0n) is 15.5. The highest BCUT2D eigenvalue weighted by Crippen LogP contribution is 2.38. The maximum absolute atomic E-state index is 12.5. The van der Waals surface area contributed by atoms with Crippen LogP contribution >= 0.6 is 0 Å². The summed E-state index contributed by atoms with van der Waals surface area (Å²) in [5.41, 5.74) is 1.78. The molecule has 3 amide bonds. The summed E-state index contributed by atoms with van der Waals surface area (Å²) in [6.45, 7) is 2.15. The molecule has 28 heavy (non-hydrogen) atoms. The zero-order chi connectivity index (χ0) is 20.1. The molecule has 142 valence electrons. The lowest BCUT2D eigenvalue weighted by Gasteiger charge is -2.11. The third kappa shape index (κ3) is 4.57. The number of terminal acetylenes is 1. The van der Waals surface area contributed by atoms with Crippen LogP contribution in [0.5, 0.6) is 0 Å². The lowest BCUT2D eigenvalue weighted by molar-refractivity contribution is -0.117. The van der Waals surface area contributed by atoms with Crippen LogP contribution in [0.25, 0.3) is 0 Å². The molecule has 0 spiro atoms. The summed E-state index contributed by atoms with van der Waals surface area (Å²) in [6, 6.07) is 13.3. The Kier molecular flexibility index (Phi) is 5.75. The van der Waals surface area contributed by atoms with E-state index in [0.717, 1.165) is 6.42 Å². The quantitative estimate of drug-likeness (QED) is 0.679. The van der Waals surface area contributed by atoms with Crippen molar-refractivity contribution in [1.29, 1.82) is 0 Å². The van der Waals surface area contributed by atoms with Gasteiger partial charge in [0, 0.05) is 17.2 Å². The van der Waals surface area contributed by atoms with Gasteiger partial charge in [-0.25, -0.2) is 0 Å². The molecule has 0 aliphatic heterocycles. The number of rotatable bonds is 6. The van der Waals surface area contributed by atoms with Crippen LogP contribution in [-0.2, 0) is 4.79 Å². The number of para-hydroxylation sites is 1. The van der Waals surface area contributed by atoms with Crippen molar-refractivity contribution >= 4 is 29.1 Å². The first-order valence-corrected chi connectivity index (χ1v) is 9.02. The molecule has 1 fully saturated rings. The summed E-state index contributed by atoms with van der Waals surface area (Å²) in [4.78, 5) is 36.7. The van der Waals surface area contributed by atoms with E-state index < -0.39 is 0 Å². The second-order valence-corrected chi connectivity index (χ2v) is 6.77. The number of carbonyl (C=O) groups excluding carboxylic acids is 3. The summed E-state index contributed by atoms with van der Waals surface area (Å²) in [5.74, 6) is 2.15. The van der Waals surface area contributed by atoms with Crippen LogP contribution in [0.1, 0.15) is 34.1 Å². The van der Waals surface area contributed by atoms with Gasteiger partial charge in [0.25, 0.3) is 11.8 Å². The van der Waals surface area contributed by atoms with Gasteiger partial charge in [-0.2, -0.15) is 0 Å². The van der Waals surface area contributed by atoms with Gasteiger partial charge in [-0.1, -0.05) is 25.0 Å². The van der Waals surface area contributed by atoms with Crippen LogP contribution < -0.4 is 16.0 Å². The topological polar surface area (TPSA) is 87.3 Å². The Labute approximate surface area is 163 Å². The third-order valence-corrected chi connectivity index (χ3v) is 4.63. The number of carbonyl (C=O) groups is 3. The minimum Gasteiger partial charge on any atom is -0.341 e. The van der Waals surface area contributed by atoms with Gasteiger partial charge in [0.15, 0.2) is 0 Å². The standard InChI is InChI=1S/C22H21N3O3/c1-3-12-23-21(27)17-6-4-5-7-19(17)25-20(26)15-8-10-16(11-9-15)24-22(28)18-13-14(18)2/h1,4-11,14,18H,12-13H2,2H3,(H,23,27)(H,24,28)(H,25,26). The molecule has 2 aromatic carbocycles. The fraction of sp³-hybridized carbons (Fsp3) is 0.227. The average Bonchev–Trinajstić information content (AvgIpc) is 3.44. The molecule has 3 rings (SSSR count). The minimum absolute atomic E-state index is 0.0108. The number of anilines is 2. The monoisotopic (exact) mass is 375 g/mol. The van der Waals surface area contributed by atoms with E-state index in [1.807, 2.05) is 6.92 Å². The first kappa shape index (κ1) is 19.2. The van der Waals surface area contributed by atoms with Gasteiger partial charge in [-0.15, -0.1) is 6.42 Å². The van der Waals surface area contributed by atoms with Crippen molar-refractivity contribution in [2.45, 2.75) is 13.3 Å². The summed E-state index contributed by atoms with van der Waals surface area (Å²) < 4.78 is 0. The van der Waals surface area contributed by atoms with Gasteiger partial charge >= 0.3 is 0 Å². The molecule has 0 radical (unpaired) electrons. The summed E-state index contributed by atoms with van der Waals surface area (Å²) in [6.07, 6.45) is 6.08. The molecule has 0 aromatic heterocycles. The van der Waals surface area contributed by atoms with E-state index in [-0.39, 0.29) is 30.2 Å². The molecule has 0 bridgehead atoms. The molecule has 1 aliphatic rings. The number of amides is 3. The van der Waals surface area contributed by atoms with Crippen LogP contribution in [0, 0.1) is 24.2 Å². The van der Waals surface area contributed by atoms with Gasteiger partial charge in [0.2, 0.25) is 5.91 Å². The third-order valence-electron chi connectivity index (χ3n) is 4.63. The number of benzene rings is 2. The molecule has 1 saturated carbocycles. The summed E-state index contributed by atoms with van der Waals surface area (Å²) >= 11 is 0. The van der Waals surface area contributed by atoms with Crippen LogP contribution in [0.3, 0.4) is 0 Å². The maximum Gasteiger partial charge on any atom is 0.255 e. The first-order valence-electron chi connectivity index (χ1n) is 9.02. The molecule has 6 heteroatoms. The molecule has 3 N–H and O–H groups in total. The lowest BCUT2D eigenvalue weighted by atomic mass is 10.1. The Morgan fingerprint density at radius 3 is 2.36 bits per heavy atom. The van der Waals surface area contributed by atoms with Crippen molar-refractivity contribution in [2.24, 2.45) is 11.8 Å². The second kappa shape index (κ2) is 8.40. The molecule has 2 atom stereocenters. The van der Waals surface area contributed by atoms with Crippen LogP contribution in [0.4, 0.5) is 11.4 Å². The maximum atomic E-state index is 12.5. The molecule has 2 unspecified atom stereocenters. The minimum atomic E-state index is -0.360. The van der Waals surface area contributed by atoms with Crippen LogP contribution in [-0.4, -0.2) is 24.3 Å². The van der Waals surface area contributed by atoms with E-state index in [1.165, 1.54) is 0 Å². The molecule has 1 aliphatic carbocycles. The molecule has 2 aromatic rings. The largest absolute Gasteiger partial charge is 0.341 e. The van der Waals surface area contributed by atoms with Gasteiger partial charge in [0.1, 0.15) is 0 Å². The first-order chi connectivity index (χ1) is 13.5. The van der Waals surface area contributed by atoms with E-state index in [9.17, 15) is 14.4 Å². The predicted molar refractivity (Wildman–Crippen MR) is 108 cm³/mol. The number of hydrogen-bond acceptors (Lipinski definition) is 3.